The number of hydrogen-bond acceptors (Lipinski definition) is 3. The molecule has 0 bridgehead atoms. The summed E-state index contributed by atoms with van der Waals surface area (Å²) in [6.45, 7) is 5.25. The van der Waals surface area contributed by atoms with Crippen molar-refractivity contribution in [2.24, 2.45) is 11.7 Å². The third-order valence-corrected chi connectivity index (χ3v) is 3.51. The molecule has 2 N–H and O–H groups in total. The van der Waals surface area contributed by atoms with Crippen molar-refractivity contribution in [1.29, 1.82) is 0 Å². The lowest BCUT2D eigenvalue weighted by Gasteiger charge is -2.16. The summed E-state index contributed by atoms with van der Waals surface area (Å²) in [5.41, 5.74) is 8.65. The fourth-order valence-electron chi connectivity index (χ4n) is 1.98. The van der Waals surface area contributed by atoms with Crippen LogP contribution in [0.15, 0.2) is 29.4 Å². The standard InChI is InChI=1S/C13H19N3S/c1-10(2)5-12(14)13-6-15-9-16(13)7-11-3-4-17-8-11/h3-4,6,8-10,12H,5,7,14H2,1-2H3. The molecule has 0 fully saturated rings. The maximum atomic E-state index is 6.21. The SMILES string of the molecule is CC(C)CC(N)c1cncn1Cc1ccsc1. The summed E-state index contributed by atoms with van der Waals surface area (Å²) in [7, 11) is 0. The first kappa shape index (κ1) is 12.3. The monoisotopic (exact) mass is 249 g/mol. The van der Waals surface area contributed by atoms with E-state index in [0.29, 0.717) is 5.92 Å². The third kappa shape index (κ3) is 3.17. The highest BCUT2D eigenvalue weighted by Crippen LogP contribution is 2.19. The van der Waals surface area contributed by atoms with Crippen LogP contribution in [0.1, 0.15) is 37.6 Å². The summed E-state index contributed by atoms with van der Waals surface area (Å²) in [5, 5.41) is 4.26. The highest BCUT2D eigenvalue weighted by Gasteiger charge is 2.13. The van der Waals surface area contributed by atoms with Gasteiger partial charge in [-0.3, -0.25) is 0 Å². The summed E-state index contributed by atoms with van der Waals surface area (Å²) in [4.78, 5) is 4.22. The molecular formula is C13H19N3S. The molecule has 0 aliphatic heterocycles. The van der Waals surface area contributed by atoms with E-state index < -0.39 is 0 Å². The van der Waals surface area contributed by atoms with Gasteiger partial charge in [0.25, 0.3) is 0 Å². The molecule has 2 heterocycles. The van der Waals surface area contributed by atoms with Gasteiger partial charge in [-0.25, -0.2) is 4.98 Å². The predicted molar refractivity (Wildman–Crippen MR) is 72.0 cm³/mol. The molecule has 0 saturated carbocycles. The van der Waals surface area contributed by atoms with Crippen molar-refractivity contribution in [3.05, 3.63) is 40.6 Å². The predicted octanol–water partition coefficient (Wildman–Crippen LogP) is 3.04. The minimum absolute atomic E-state index is 0.0798. The van der Waals surface area contributed by atoms with Gasteiger partial charge >= 0.3 is 0 Å². The lowest BCUT2D eigenvalue weighted by Crippen LogP contribution is -2.17. The quantitative estimate of drug-likeness (QED) is 0.885. The van der Waals surface area contributed by atoms with Crippen molar-refractivity contribution in [1.82, 2.24) is 9.55 Å². The van der Waals surface area contributed by atoms with Crippen molar-refractivity contribution in [3.63, 3.8) is 0 Å². The van der Waals surface area contributed by atoms with Crippen LogP contribution in [-0.2, 0) is 6.54 Å². The average Bonchev–Trinajstić information content (AvgIpc) is 2.88. The summed E-state index contributed by atoms with van der Waals surface area (Å²) in [6.07, 6.45) is 4.75. The van der Waals surface area contributed by atoms with E-state index >= 15 is 0 Å². The van der Waals surface area contributed by atoms with Crippen LogP contribution in [0.2, 0.25) is 0 Å². The molecule has 0 aliphatic carbocycles. The molecule has 0 spiro atoms. The van der Waals surface area contributed by atoms with E-state index in [0.717, 1.165) is 18.7 Å². The minimum atomic E-state index is 0.0798. The highest BCUT2D eigenvalue weighted by atomic mass is 32.1. The molecule has 2 aromatic heterocycles. The first-order valence-corrected chi connectivity index (χ1v) is 6.87. The molecule has 0 saturated heterocycles. The van der Waals surface area contributed by atoms with Gasteiger partial charge in [0.2, 0.25) is 0 Å². The number of nitrogens with zero attached hydrogens (tertiary/aromatic N) is 2. The van der Waals surface area contributed by atoms with Crippen LogP contribution >= 0.6 is 11.3 Å². The third-order valence-electron chi connectivity index (χ3n) is 2.78. The van der Waals surface area contributed by atoms with Gasteiger partial charge in [0.05, 0.1) is 12.0 Å². The highest BCUT2D eigenvalue weighted by molar-refractivity contribution is 7.07. The molecule has 0 radical (unpaired) electrons. The van der Waals surface area contributed by atoms with Crippen LogP contribution in [0.5, 0.6) is 0 Å². The van der Waals surface area contributed by atoms with E-state index in [1.807, 2.05) is 12.5 Å². The van der Waals surface area contributed by atoms with Crippen LogP contribution in [0.4, 0.5) is 0 Å². The van der Waals surface area contributed by atoms with E-state index in [9.17, 15) is 0 Å². The fraction of sp³-hybridized carbons (Fsp3) is 0.462. The van der Waals surface area contributed by atoms with Crippen molar-refractivity contribution in [3.8, 4) is 0 Å². The van der Waals surface area contributed by atoms with E-state index in [2.05, 4.69) is 40.2 Å². The lowest BCUT2D eigenvalue weighted by atomic mass is 10.0. The average molecular weight is 249 g/mol. The molecule has 0 aliphatic rings. The maximum absolute atomic E-state index is 6.21. The van der Waals surface area contributed by atoms with E-state index in [1.165, 1.54) is 5.56 Å². The Morgan fingerprint density at radius 2 is 2.29 bits per heavy atom. The molecule has 2 rings (SSSR count). The van der Waals surface area contributed by atoms with Gasteiger partial charge in [0.1, 0.15) is 0 Å². The molecular weight excluding hydrogens is 230 g/mol. The Morgan fingerprint density at radius 3 is 2.94 bits per heavy atom. The molecule has 1 atom stereocenters. The molecule has 4 heteroatoms. The first-order chi connectivity index (χ1) is 8.16. The summed E-state index contributed by atoms with van der Waals surface area (Å²) in [5.74, 6) is 0.606. The van der Waals surface area contributed by atoms with Crippen molar-refractivity contribution in [2.45, 2.75) is 32.9 Å². The Hall–Kier alpha value is -1.13. The second kappa shape index (κ2) is 5.47. The van der Waals surface area contributed by atoms with Crippen molar-refractivity contribution in [2.75, 3.05) is 0 Å². The Kier molecular flexibility index (Phi) is 3.97. The Bertz CT molecular complexity index is 445. The van der Waals surface area contributed by atoms with Crippen molar-refractivity contribution >= 4 is 11.3 Å². The van der Waals surface area contributed by atoms with Gasteiger partial charge in [-0.15, -0.1) is 0 Å². The largest absolute Gasteiger partial charge is 0.329 e. The zero-order valence-corrected chi connectivity index (χ0v) is 11.2. The molecule has 0 amide bonds. The van der Waals surface area contributed by atoms with E-state index in [-0.39, 0.29) is 6.04 Å². The molecule has 1 unspecified atom stereocenters. The van der Waals surface area contributed by atoms with E-state index in [4.69, 9.17) is 5.73 Å². The number of imidazole rings is 1. The topological polar surface area (TPSA) is 43.8 Å². The van der Waals surface area contributed by atoms with Gasteiger partial charge in [-0.1, -0.05) is 13.8 Å². The molecule has 17 heavy (non-hydrogen) atoms. The Labute approximate surface area is 106 Å². The second-order valence-electron chi connectivity index (χ2n) is 4.81. The minimum Gasteiger partial charge on any atom is -0.329 e. The van der Waals surface area contributed by atoms with Crippen LogP contribution in [0, 0.1) is 5.92 Å². The number of thiophene rings is 1. The van der Waals surface area contributed by atoms with Crippen LogP contribution < -0.4 is 5.73 Å². The zero-order valence-electron chi connectivity index (χ0n) is 10.3. The first-order valence-electron chi connectivity index (χ1n) is 5.93. The smallest absolute Gasteiger partial charge is 0.0951 e. The number of hydrogen-bond donors (Lipinski definition) is 1. The Balaban J connectivity index is 2.11. The van der Waals surface area contributed by atoms with Gasteiger partial charge < -0.3 is 10.3 Å². The number of rotatable bonds is 5. The van der Waals surface area contributed by atoms with Gasteiger partial charge in [0, 0.05) is 18.8 Å². The molecule has 92 valence electrons. The van der Waals surface area contributed by atoms with Crippen LogP contribution in [0.3, 0.4) is 0 Å². The number of aromatic nitrogens is 2. The lowest BCUT2D eigenvalue weighted by molar-refractivity contribution is 0.489. The number of nitrogens with two attached hydrogens (primary N) is 1. The summed E-state index contributed by atoms with van der Waals surface area (Å²) >= 11 is 1.72. The van der Waals surface area contributed by atoms with Crippen LogP contribution in [0.25, 0.3) is 0 Å². The molecule has 0 aromatic carbocycles. The maximum Gasteiger partial charge on any atom is 0.0951 e. The fourth-order valence-corrected chi connectivity index (χ4v) is 2.64. The summed E-state index contributed by atoms with van der Waals surface area (Å²) < 4.78 is 2.15. The summed E-state index contributed by atoms with van der Waals surface area (Å²) in [6, 6.07) is 2.22. The van der Waals surface area contributed by atoms with Crippen LogP contribution in [-0.4, -0.2) is 9.55 Å². The zero-order chi connectivity index (χ0) is 12.3. The molecule has 3 nitrogen and oxygen atoms in total. The van der Waals surface area contributed by atoms with Gasteiger partial charge in [0.15, 0.2) is 0 Å². The Morgan fingerprint density at radius 1 is 1.47 bits per heavy atom. The normalized spacial score (nSPS) is 13.2. The molecule has 2 aromatic rings. The second-order valence-corrected chi connectivity index (χ2v) is 5.59. The van der Waals surface area contributed by atoms with Crippen molar-refractivity contribution < 1.29 is 0 Å². The van der Waals surface area contributed by atoms with E-state index in [1.54, 1.807) is 11.3 Å². The van der Waals surface area contributed by atoms with Gasteiger partial charge in [-0.05, 0) is 34.7 Å². The van der Waals surface area contributed by atoms with Gasteiger partial charge in [-0.2, -0.15) is 11.3 Å².